The summed E-state index contributed by atoms with van der Waals surface area (Å²) in [5.41, 5.74) is 7.12. The quantitative estimate of drug-likeness (QED) is 0.485. The van der Waals surface area contributed by atoms with Crippen molar-refractivity contribution in [2.75, 3.05) is 12.4 Å². The molecule has 1 unspecified atom stereocenters. The van der Waals surface area contributed by atoms with Crippen molar-refractivity contribution >= 4 is 35.6 Å². The molecule has 1 aromatic carbocycles. The Morgan fingerprint density at radius 3 is 2.42 bits per heavy atom. The Labute approximate surface area is 131 Å². The fourth-order valence-corrected chi connectivity index (χ4v) is 2.11. The second-order valence-corrected chi connectivity index (χ2v) is 5.41. The van der Waals surface area contributed by atoms with Crippen LogP contribution in [0.25, 0.3) is 0 Å². The average Bonchev–Trinajstić information content (AvgIpc) is 2.36. The van der Waals surface area contributed by atoms with Crippen LogP contribution in [0.3, 0.4) is 0 Å². The Bertz CT molecular complexity index is 443. The first-order valence-corrected chi connectivity index (χ1v) is 6.25. The van der Waals surface area contributed by atoms with Crippen LogP contribution in [-0.2, 0) is 0 Å². The van der Waals surface area contributed by atoms with Crippen LogP contribution < -0.4 is 15.8 Å². The largest absolute Gasteiger partial charge is 0.497 e. The van der Waals surface area contributed by atoms with E-state index in [1.165, 1.54) is 6.42 Å². The zero-order chi connectivity index (χ0) is 13.2. The van der Waals surface area contributed by atoms with E-state index in [2.05, 4.69) is 24.2 Å². The van der Waals surface area contributed by atoms with Crippen molar-refractivity contribution < 1.29 is 4.74 Å². The Balaban J connectivity index is 0.00000180. The van der Waals surface area contributed by atoms with Gasteiger partial charge < -0.3 is 15.8 Å². The lowest BCUT2D eigenvalue weighted by molar-refractivity contribution is 0.145. The number of ether oxygens (including phenoxy) is 1. The number of halogens is 1. The van der Waals surface area contributed by atoms with Gasteiger partial charge in [-0.15, -0.1) is 24.0 Å². The number of nitrogens with zero attached hydrogens (tertiary/aromatic N) is 1. The van der Waals surface area contributed by atoms with Crippen LogP contribution in [0.1, 0.15) is 26.7 Å². The first kappa shape index (κ1) is 16.1. The lowest BCUT2D eigenvalue weighted by Gasteiger charge is -2.41. The highest BCUT2D eigenvalue weighted by atomic mass is 127. The fourth-order valence-electron chi connectivity index (χ4n) is 2.11. The molecule has 1 aliphatic carbocycles. The van der Waals surface area contributed by atoms with E-state index in [-0.39, 0.29) is 29.4 Å². The summed E-state index contributed by atoms with van der Waals surface area (Å²) in [4.78, 5) is 4.52. The maximum Gasteiger partial charge on any atom is 0.193 e. The van der Waals surface area contributed by atoms with E-state index in [4.69, 9.17) is 10.5 Å². The summed E-state index contributed by atoms with van der Waals surface area (Å²) in [5.74, 6) is 1.31. The molecule has 1 atom stereocenters. The third-order valence-corrected chi connectivity index (χ3v) is 3.62. The standard InChI is InChI=1S/C14H21N3O.HI/c1-14(2)9-8-12(14)17-13(15)16-10-4-6-11(18-3)7-5-10;/h4-7,12H,8-9H2,1-3H3,(H3,15,16,17);1H. The highest BCUT2D eigenvalue weighted by molar-refractivity contribution is 14.0. The third kappa shape index (κ3) is 3.99. The van der Waals surface area contributed by atoms with Crippen molar-refractivity contribution in [1.82, 2.24) is 0 Å². The SMILES string of the molecule is COc1ccc(NC(N)=NC2CCC2(C)C)cc1.I. The molecule has 0 bridgehead atoms. The molecule has 1 saturated carbocycles. The lowest BCUT2D eigenvalue weighted by Crippen LogP contribution is -2.40. The summed E-state index contributed by atoms with van der Waals surface area (Å²) in [6, 6.07) is 7.97. The van der Waals surface area contributed by atoms with Crippen molar-refractivity contribution in [2.45, 2.75) is 32.7 Å². The van der Waals surface area contributed by atoms with Gasteiger partial charge in [-0.25, -0.2) is 4.99 Å². The topological polar surface area (TPSA) is 59.6 Å². The van der Waals surface area contributed by atoms with Crippen LogP contribution in [0.15, 0.2) is 29.3 Å². The monoisotopic (exact) mass is 375 g/mol. The van der Waals surface area contributed by atoms with E-state index in [9.17, 15) is 0 Å². The van der Waals surface area contributed by atoms with Gasteiger partial charge in [-0.1, -0.05) is 13.8 Å². The molecule has 0 saturated heterocycles. The Kier molecular flexibility index (Phi) is 5.46. The number of hydrogen-bond donors (Lipinski definition) is 2. The van der Waals surface area contributed by atoms with Crippen LogP contribution >= 0.6 is 24.0 Å². The number of guanidine groups is 1. The molecule has 19 heavy (non-hydrogen) atoms. The number of hydrogen-bond acceptors (Lipinski definition) is 2. The van der Waals surface area contributed by atoms with Crippen molar-refractivity contribution in [3.8, 4) is 5.75 Å². The normalized spacial score (nSPS) is 21.0. The number of nitrogens with two attached hydrogens (primary N) is 1. The van der Waals surface area contributed by atoms with Crippen LogP contribution in [0, 0.1) is 5.41 Å². The molecule has 1 fully saturated rings. The summed E-state index contributed by atoms with van der Waals surface area (Å²) in [6.07, 6.45) is 2.34. The zero-order valence-corrected chi connectivity index (χ0v) is 14.0. The molecule has 0 spiro atoms. The van der Waals surface area contributed by atoms with Gasteiger partial charge in [-0.05, 0) is 42.5 Å². The molecular formula is C14H22IN3O. The second-order valence-electron chi connectivity index (χ2n) is 5.41. The molecule has 1 aromatic rings. The van der Waals surface area contributed by atoms with E-state index in [0.717, 1.165) is 17.9 Å². The lowest BCUT2D eigenvalue weighted by atomic mass is 9.68. The van der Waals surface area contributed by atoms with Crippen LogP contribution in [0.5, 0.6) is 5.75 Å². The molecular weight excluding hydrogens is 353 g/mol. The second kappa shape index (κ2) is 6.45. The van der Waals surface area contributed by atoms with Crippen molar-refractivity contribution in [1.29, 1.82) is 0 Å². The highest BCUT2D eigenvalue weighted by Crippen LogP contribution is 2.42. The van der Waals surface area contributed by atoms with Crippen LogP contribution in [0.2, 0.25) is 0 Å². The molecule has 0 heterocycles. The predicted octanol–water partition coefficient (Wildman–Crippen LogP) is 3.23. The molecule has 5 heteroatoms. The Morgan fingerprint density at radius 1 is 1.37 bits per heavy atom. The number of rotatable bonds is 3. The van der Waals surface area contributed by atoms with Gasteiger partial charge in [0, 0.05) is 5.69 Å². The van der Waals surface area contributed by atoms with Gasteiger partial charge in [0.25, 0.3) is 0 Å². The highest BCUT2D eigenvalue weighted by Gasteiger charge is 2.38. The van der Waals surface area contributed by atoms with Gasteiger partial charge in [-0.3, -0.25) is 0 Å². The van der Waals surface area contributed by atoms with Crippen molar-refractivity contribution in [2.24, 2.45) is 16.1 Å². The zero-order valence-electron chi connectivity index (χ0n) is 11.6. The van der Waals surface area contributed by atoms with Crippen LogP contribution in [0.4, 0.5) is 5.69 Å². The molecule has 3 N–H and O–H groups in total. The molecule has 0 aliphatic heterocycles. The Morgan fingerprint density at radius 2 is 2.00 bits per heavy atom. The Hall–Kier alpha value is -0.980. The minimum atomic E-state index is 0. The minimum absolute atomic E-state index is 0. The van der Waals surface area contributed by atoms with Gasteiger partial charge in [-0.2, -0.15) is 0 Å². The van der Waals surface area contributed by atoms with E-state index in [0.29, 0.717) is 12.0 Å². The summed E-state index contributed by atoms with van der Waals surface area (Å²) in [6.45, 7) is 4.46. The summed E-state index contributed by atoms with van der Waals surface area (Å²) >= 11 is 0. The number of anilines is 1. The van der Waals surface area contributed by atoms with Gasteiger partial charge in [0.15, 0.2) is 5.96 Å². The van der Waals surface area contributed by atoms with Crippen molar-refractivity contribution in [3.05, 3.63) is 24.3 Å². The van der Waals surface area contributed by atoms with Crippen molar-refractivity contribution in [3.63, 3.8) is 0 Å². The number of nitrogens with one attached hydrogen (secondary N) is 1. The van der Waals surface area contributed by atoms with E-state index < -0.39 is 0 Å². The number of benzene rings is 1. The van der Waals surface area contributed by atoms with Gasteiger partial charge in [0.1, 0.15) is 5.75 Å². The summed E-state index contributed by atoms with van der Waals surface area (Å²) in [5, 5.41) is 3.10. The molecule has 0 aromatic heterocycles. The van der Waals surface area contributed by atoms with Gasteiger partial charge in [0.2, 0.25) is 0 Å². The fraction of sp³-hybridized carbons (Fsp3) is 0.500. The smallest absolute Gasteiger partial charge is 0.193 e. The first-order valence-electron chi connectivity index (χ1n) is 6.25. The third-order valence-electron chi connectivity index (χ3n) is 3.62. The molecule has 2 rings (SSSR count). The predicted molar refractivity (Wildman–Crippen MR) is 90.5 cm³/mol. The molecule has 4 nitrogen and oxygen atoms in total. The molecule has 1 aliphatic rings. The maximum absolute atomic E-state index is 5.92. The molecule has 0 radical (unpaired) electrons. The average molecular weight is 375 g/mol. The molecule has 106 valence electrons. The maximum atomic E-state index is 5.92. The van der Waals surface area contributed by atoms with Crippen LogP contribution in [-0.4, -0.2) is 19.1 Å². The minimum Gasteiger partial charge on any atom is -0.497 e. The van der Waals surface area contributed by atoms with E-state index >= 15 is 0 Å². The number of aliphatic imine (C=N–C) groups is 1. The number of methoxy groups -OCH3 is 1. The van der Waals surface area contributed by atoms with E-state index in [1.54, 1.807) is 7.11 Å². The first-order chi connectivity index (χ1) is 8.51. The van der Waals surface area contributed by atoms with Gasteiger partial charge in [0.05, 0.1) is 13.2 Å². The van der Waals surface area contributed by atoms with Gasteiger partial charge >= 0.3 is 0 Å². The molecule has 0 amide bonds. The van der Waals surface area contributed by atoms with E-state index in [1.807, 2.05) is 24.3 Å². The summed E-state index contributed by atoms with van der Waals surface area (Å²) in [7, 11) is 1.65. The summed E-state index contributed by atoms with van der Waals surface area (Å²) < 4.78 is 5.10.